The molecule has 12 heteroatoms. The average Bonchev–Trinajstić information content (AvgIpc) is 3.42. The van der Waals surface area contributed by atoms with Gasteiger partial charge in [0.05, 0.1) is 0 Å². The number of benzene rings is 2. The first-order chi connectivity index (χ1) is 17.1. The molecule has 2 N–H and O–H groups in total. The molecule has 1 unspecified atom stereocenters. The van der Waals surface area contributed by atoms with Crippen molar-refractivity contribution in [2.45, 2.75) is 31.6 Å². The van der Waals surface area contributed by atoms with Crippen molar-refractivity contribution in [2.24, 2.45) is 0 Å². The van der Waals surface area contributed by atoms with Gasteiger partial charge >= 0.3 is 6.18 Å². The van der Waals surface area contributed by atoms with E-state index >= 15 is 0 Å². The average molecular weight is 497 g/mol. The number of anilines is 1. The highest BCUT2D eigenvalue weighted by Gasteiger charge is 2.40. The molecule has 5 rings (SSSR count). The number of halogens is 3. The zero-order valence-corrected chi connectivity index (χ0v) is 18.5. The van der Waals surface area contributed by atoms with Gasteiger partial charge in [-0.05, 0) is 42.3 Å². The number of fused-ring (bicyclic) bond motifs is 1. The Balaban J connectivity index is 1.37. The summed E-state index contributed by atoms with van der Waals surface area (Å²) in [5.41, 5.74) is 0.882. The van der Waals surface area contributed by atoms with Crippen molar-refractivity contribution in [2.75, 3.05) is 5.32 Å². The molecule has 2 aliphatic heterocycles. The molecule has 184 valence electrons. The first-order valence-corrected chi connectivity index (χ1v) is 10.9. The van der Waals surface area contributed by atoms with Crippen LogP contribution in [0.25, 0.3) is 5.69 Å². The number of para-hydroxylation sites is 1. The van der Waals surface area contributed by atoms with Crippen LogP contribution in [0.3, 0.4) is 0 Å². The van der Waals surface area contributed by atoms with Gasteiger partial charge in [-0.3, -0.25) is 29.1 Å². The van der Waals surface area contributed by atoms with Crippen LogP contribution in [0.4, 0.5) is 18.9 Å². The number of nitrogens with one attached hydrogen (secondary N) is 2. The van der Waals surface area contributed by atoms with Crippen molar-refractivity contribution in [3.05, 3.63) is 77.4 Å². The lowest BCUT2D eigenvalue weighted by Crippen LogP contribution is -2.52. The molecule has 1 fully saturated rings. The van der Waals surface area contributed by atoms with E-state index in [1.807, 2.05) is 0 Å². The minimum atomic E-state index is -4.79. The van der Waals surface area contributed by atoms with Crippen molar-refractivity contribution >= 4 is 29.3 Å². The number of hydrogen-bond donors (Lipinski definition) is 2. The molecule has 9 nitrogen and oxygen atoms in total. The summed E-state index contributed by atoms with van der Waals surface area (Å²) in [5.74, 6) is -3.42. The fourth-order valence-electron chi connectivity index (χ4n) is 4.32. The van der Waals surface area contributed by atoms with Crippen LogP contribution < -0.4 is 10.6 Å². The summed E-state index contributed by atoms with van der Waals surface area (Å²) in [7, 11) is 0. The Hall–Kier alpha value is -4.48. The largest absolute Gasteiger partial charge is 0.450 e. The summed E-state index contributed by atoms with van der Waals surface area (Å²) in [6.45, 7) is 0.0883. The molecule has 2 aliphatic rings. The van der Waals surface area contributed by atoms with Crippen molar-refractivity contribution < 1.29 is 32.3 Å². The summed E-state index contributed by atoms with van der Waals surface area (Å²) in [4.78, 5) is 54.0. The Kier molecular flexibility index (Phi) is 5.58. The second-order valence-corrected chi connectivity index (χ2v) is 8.38. The number of piperidine rings is 1. The smallest absolute Gasteiger partial charge is 0.322 e. The lowest BCUT2D eigenvalue weighted by Gasteiger charge is -2.29. The van der Waals surface area contributed by atoms with Crippen molar-refractivity contribution in [1.82, 2.24) is 19.8 Å². The van der Waals surface area contributed by atoms with E-state index in [0.717, 1.165) is 10.8 Å². The molecule has 1 saturated heterocycles. The van der Waals surface area contributed by atoms with Crippen molar-refractivity contribution in [3.8, 4) is 5.69 Å². The molecule has 1 aromatic heterocycles. The second-order valence-electron chi connectivity index (χ2n) is 8.38. The summed E-state index contributed by atoms with van der Waals surface area (Å²) in [6, 6.07) is 11.4. The van der Waals surface area contributed by atoms with Crippen LogP contribution >= 0.6 is 0 Å². The maximum Gasteiger partial charge on any atom is 0.450 e. The van der Waals surface area contributed by atoms with E-state index in [9.17, 15) is 32.3 Å². The number of rotatable bonds is 4. The van der Waals surface area contributed by atoms with E-state index in [1.54, 1.807) is 18.2 Å². The van der Waals surface area contributed by atoms with Crippen LogP contribution in [0.2, 0.25) is 0 Å². The third-order valence-electron chi connectivity index (χ3n) is 6.01. The van der Waals surface area contributed by atoms with Gasteiger partial charge in [-0.25, -0.2) is 4.98 Å². The van der Waals surface area contributed by atoms with E-state index in [0.29, 0.717) is 11.1 Å². The third-order valence-corrected chi connectivity index (χ3v) is 6.01. The summed E-state index contributed by atoms with van der Waals surface area (Å²) in [5, 5.41) is 4.74. The van der Waals surface area contributed by atoms with Gasteiger partial charge in [0.15, 0.2) is 0 Å². The molecule has 0 bridgehead atoms. The molecule has 3 heterocycles. The third kappa shape index (κ3) is 4.21. The van der Waals surface area contributed by atoms with Crippen LogP contribution in [0, 0.1) is 0 Å². The molecule has 3 aromatic rings. The maximum atomic E-state index is 13.6. The SMILES string of the molecule is O=C1CCC(N2Cc3cc(NC(=O)c4cn(-c5ccccc5)c(C(F)(F)F)n4)ccc3C2=O)C(=O)N1. The normalized spacial score (nSPS) is 17.7. The van der Waals surface area contributed by atoms with Crippen LogP contribution in [0.1, 0.15) is 45.1 Å². The number of nitrogens with zero attached hydrogens (tertiary/aromatic N) is 3. The van der Waals surface area contributed by atoms with E-state index < -0.39 is 41.5 Å². The molecule has 4 amide bonds. The predicted molar refractivity (Wildman–Crippen MR) is 119 cm³/mol. The zero-order chi connectivity index (χ0) is 25.6. The first kappa shape index (κ1) is 23.3. The number of imide groups is 1. The van der Waals surface area contributed by atoms with Crippen LogP contribution in [-0.4, -0.2) is 44.1 Å². The Morgan fingerprint density at radius 2 is 1.83 bits per heavy atom. The number of alkyl halides is 3. The Bertz CT molecular complexity index is 1400. The number of aromatic nitrogens is 2. The molecule has 0 saturated carbocycles. The van der Waals surface area contributed by atoms with E-state index in [-0.39, 0.29) is 36.7 Å². The number of carbonyl (C=O) groups is 4. The molecular weight excluding hydrogens is 479 g/mol. The lowest BCUT2D eigenvalue weighted by atomic mass is 10.0. The molecule has 0 aliphatic carbocycles. The fraction of sp³-hybridized carbons (Fsp3) is 0.208. The highest BCUT2D eigenvalue weighted by Crippen LogP contribution is 2.32. The van der Waals surface area contributed by atoms with Crippen LogP contribution in [0.15, 0.2) is 54.7 Å². The van der Waals surface area contributed by atoms with Crippen LogP contribution in [-0.2, 0) is 22.3 Å². The van der Waals surface area contributed by atoms with Crippen molar-refractivity contribution in [1.29, 1.82) is 0 Å². The molecular formula is C24H18F3N5O4. The highest BCUT2D eigenvalue weighted by atomic mass is 19.4. The Morgan fingerprint density at radius 3 is 2.53 bits per heavy atom. The van der Waals surface area contributed by atoms with Gasteiger partial charge in [-0.1, -0.05) is 18.2 Å². The summed E-state index contributed by atoms with van der Waals surface area (Å²) < 4.78 is 41.5. The van der Waals surface area contributed by atoms with Gasteiger partial charge in [0.2, 0.25) is 17.6 Å². The molecule has 0 radical (unpaired) electrons. The Morgan fingerprint density at radius 1 is 1.08 bits per heavy atom. The van der Waals surface area contributed by atoms with Gasteiger partial charge in [0.25, 0.3) is 11.8 Å². The predicted octanol–water partition coefficient (Wildman–Crippen LogP) is 2.90. The lowest BCUT2D eigenvalue weighted by molar-refractivity contribution is -0.146. The minimum absolute atomic E-state index is 0.0883. The van der Waals surface area contributed by atoms with E-state index in [1.165, 1.54) is 35.2 Å². The second kappa shape index (κ2) is 8.63. The molecule has 1 atom stereocenters. The quantitative estimate of drug-likeness (QED) is 0.539. The zero-order valence-electron chi connectivity index (χ0n) is 18.5. The van der Waals surface area contributed by atoms with Gasteiger partial charge in [-0.2, -0.15) is 13.2 Å². The van der Waals surface area contributed by atoms with E-state index in [2.05, 4.69) is 15.6 Å². The Labute approximate surface area is 201 Å². The molecule has 0 spiro atoms. The fourth-order valence-corrected chi connectivity index (χ4v) is 4.32. The topological polar surface area (TPSA) is 113 Å². The van der Waals surface area contributed by atoms with Gasteiger partial charge in [-0.15, -0.1) is 0 Å². The maximum absolute atomic E-state index is 13.6. The molecule has 36 heavy (non-hydrogen) atoms. The van der Waals surface area contributed by atoms with Crippen molar-refractivity contribution in [3.63, 3.8) is 0 Å². The molecule has 2 aromatic carbocycles. The number of imidazole rings is 1. The first-order valence-electron chi connectivity index (χ1n) is 10.9. The standard InChI is InChI=1S/C24H18F3N5O4/c25-24(26,27)23-29-17(12-31(23)15-4-2-1-3-5-15)20(34)28-14-6-7-16-13(10-14)11-32(22(16)36)18-8-9-19(33)30-21(18)35/h1-7,10,12,18H,8-9,11H2,(H,28,34)(H,30,33,35). The highest BCUT2D eigenvalue weighted by molar-refractivity contribution is 6.06. The van der Waals surface area contributed by atoms with Crippen LogP contribution in [0.5, 0.6) is 0 Å². The number of carbonyl (C=O) groups excluding carboxylic acids is 4. The monoisotopic (exact) mass is 497 g/mol. The summed E-state index contributed by atoms with van der Waals surface area (Å²) in [6.07, 6.45) is -3.45. The number of hydrogen-bond acceptors (Lipinski definition) is 5. The number of amides is 4. The van der Waals surface area contributed by atoms with Gasteiger partial charge in [0.1, 0.15) is 11.7 Å². The summed E-state index contributed by atoms with van der Waals surface area (Å²) >= 11 is 0. The van der Waals surface area contributed by atoms with Gasteiger partial charge < -0.3 is 10.2 Å². The van der Waals surface area contributed by atoms with Gasteiger partial charge in [0, 0.05) is 36.1 Å². The minimum Gasteiger partial charge on any atom is -0.322 e. The van der Waals surface area contributed by atoms with E-state index in [4.69, 9.17) is 0 Å².